The molecular formula is C20H19NO6. The van der Waals surface area contributed by atoms with Crippen molar-refractivity contribution >= 4 is 22.6 Å². The molecule has 2 aromatic carbocycles. The predicted molar refractivity (Wildman–Crippen MR) is 100 cm³/mol. The third-order valence-electron chi connectivity index (χ3n) is 4.19. The van der Waals surface area contributed by atoms with E-state index < -0.39 is 11.4 Å². The minimum atomic E-state index is -0.734. The second-order valence-corrected chi connectivity index (χ2v) is 5.99. The number of anilines is 1. The summed E-state index contributed by atoms with van der Waals surface area (Å²) in [7, 11) is 0. The van der Waals surface area contributed by atoms with Gasteiger partial charge in [0.1, 0.15) is 5.75 Å². The Kier molecular flexibility index (Phi) is 5.03. The van der Waals surface area contributed by atoms with Crippen LogP contribution >= 0.6 is 0 Å². The zero-order valence-electron chi connectivity index (χ0n) is 14.9. The number of carbonyl (C=O) groups is 1. The van der Waals surface area contributed by atoms with Crippen LogP contribution in [0.4, 0.5) is 5.69 Å². The minimum absolute atomic E-state index is 0.104. The molecule has 27 heavy (non-hydrogen) atoms. The third kappa shape index (κ3) is 3.72. The van der Waals surface area contributed by atoms with E-state index in [1.165, 1.54) is 12.1 Å². The van der Waals surface area contributed by atoms with E-state index in [9.17, 15) is 19.8 Å². The molecule has 3 N–H and O–H groups in total. The Labute approximate surface area is 154 Å². The molecule has 3 aromatic rings. The summed E-state index contributed by atoms with van der Waals surface area (Å²) >= 11 is 0. The first-order valence-electron chi connectivity index (χ1n) is 8.40. The summed E-state index contributed by atoms with van der Waals surface area (Å²) in [6.07, 6.45) is -0.182. The van der Waals surface area contributed by atoms with Crippen LogP contribution in [0.2, 0.25) is 0 Å². The van der Waals surface area contributed by atoms with Crippen LogP contribution in [0.15, 0.2) is 45.6 Å². The number of amides is 1. The molecule has 0 unspecified atom stereocenters. The maximum atomic E-state index is 12.3. The fourth-order valence-electron chi connectivity index (χ4n) is 2.80. The molecule has 1 aromatic heterocycles. The van der Waals surface area contributed by atoms with Crippen LogP contribution < -0.4 is 15.7 Å². The SMILES string of the molecule is CCOc1ccc(NC(=O)Cc2c(C)c3ccc(O)c(O)c3oc2=O)cc1. The zero-order valence-corrected chi connectivity index (χ0v) is 14.9. The lowest BCUT2D eigenvalue weighted by Crippen LogP contribution is -2.20. The highest BCUT2D eigenvalue weighted by atomic mass is 16.5. The molecule has 0 saturated carbocycles. The van der Waals surface area contributed by atoms with Crippen molar-refractivity contribution in [2.45, 2.75) is 20.3 Å². The lowest BCUT2D eigenvalue weighted by Gasteiger charge is -2.10. The van der Waals surface area contributed by atoms with Crippen molar-refractivity contribution in [3.63, 3.8) is 0 Å². The van der Waals surface area contributed by atoms with Crippen LogP contribution in [0.25, 0.3) is 11.0 Å². The van der Waals surface area contributed by atoms with Gasteiger partial charge < -0.3 is 24.7 Å². The van der Waals surface area contributed by atoms with E-state index in [1.54, 1.807) is 31.2 Å². The molecule has 0 spiro atoms. The van der Waals surface area contributed by atoms with E-state index in [0.717, 1.165) is 0 Å². The normalized spacial score (nSPS) is 10.7. The number of phenolic OH excluding ortho intramolecular Hbond substituents is 2. The molecule has 0 fully saturated rings. The Morgan fingerprint density at radius 3 is 2.52 bits per heavy atom. The average molecular weight is 369 g/mol. The van der Waals surface area contributed by atoms with Gasteiger partial charge in [-0.3, -0.25) is 4.79 Å². The lowest BCUT2D eigenvalue weighted by molar-refractivity contribution is -0.115. The van der Waals surface area contributed by atoms with Crippen molar-refractivity contribution < 1.29 is 24.2 Å². The van der Waals surface area contributed by atoms with Crippen LogP contribution in [0.5, 0.6) is 17.2 Å². The predicted octanol–water partition coefficient (Wildman–Crippen LogP) is 3.09. The second kappa shape index (κ2) is 7.41. The van der Waals surface area contributed by atoms with E-state index in [2.05, 4.69) is 5.32 Å². The van der Waals surface area contributed by atoms with E-state index in [4.69, 9.17) is 9.15 Å². The van der Waals surface area contributed by atoms with Crippen molar-refractivity contribution in [2.24, 2.45) is 0 Å². The molecule has 0 aliphatic rings. The Morgan fingerprint density at radius 1 is 1.15 bits per heavy atom. The average Bonchev–Trinajstić information content (AvgIpc) is 2.64. The molecule has 7 nitrogen and oxygen atoms in total. The van der Waals surface area contributed by atoms with Crippen molar-refractivity contribution in [1.82, 2.24) is 0 Å². The van der Waals surface area contributed by atoms with Gasteiger partial charge >= 0.3 is 5.63 Å². The number of carbonyl (C=O) groups excluding carboxylic acids is 1. The highest BCUT2D eigenvalue weighted by molar-refractivity contribution is 5.94. The van der Waals surface area contributed by atoms with Crippen molar-refractivity contribution in [3.8, 4) is 17.2 Å². The Bertz CT molecular complexity index is 1050. The summed E-state index contributed by atoms with van der Waals surface area (Å²) in [5.41, 5.74) is 0.444. The summed E-state index contributed by atoms with van der Waals surface area (Å²) < 4.78 is 10.5. The van der Waals surface area contributed by atoms with Crippen LogP contribution in [0.3, 0.4) is 0 Å². The largest absolute Gasteiger partial charge is 0.504 e. The van der Waals surface area contributed by atoms with Crippen molar-refractivity contribution in [2.75, 3.05) is 11.9 Å². The number of benzene rings is 2. The zero-order chi connectivity index (χ0) is 19.6. The molecule has 0 radical (unpaired) electrons. The number of phenols is 2. The van der Waals surface area contributed by atoms with Gasteiger partial charge in [0.2, 0.25) is 11.7 Å². The second-order valence-electron chi connectivity index (χ2n) is 5.99. The van der Waals surface area contributed by atoms with Gasteiger partial charge in [0.05, 0.1) is 18.6 Å². The molecule has 1 amide bonds. The fourth-order valence-corrected chi connectivity index (χ4v) is 2.80. The summed E-state index contributed by atoms with van der Waals surface area (Å²) in [6, 6.07) is 9.72. The van der Waals surface area contributed by atoms with E-state index >= 15 is 0 Å². The molecule has 0 atom stereocenters. The Morgan fingerprint density at radius 2 is 1.85 bits per heavy atom. The van der Waals surface area contributed by atoms with Gasteiger partial charge in [0, 0.05) is 11.1 Å². The number of rotatable bonds is 5. The van der Waals surface area contributed by atoms with E-state index in [0.29, 0.717) is 29.0 Å². The molecule has 0 saturated heterocycles. The number of fused-ring (bicyclic) bond motifs is 1. The molecule has 140 valence electrons. The highest BCUT2D eigenvalue weighted by Gasteiger charge is 2.18. The molecule has 0 aliphatic heterocycles. The van der Waals surface area contributed by atoms with Gasteiger partial charge in [0.15, 0.2) is 11.3 Å². The highest BCUT2D eigenvalue weighted by Crippen LogP contribution is 2.34. The van der Waals surface area contributed by atoms with Crippen LogP contribution in [-0.2, 0) is 11.2 Å². The maximum Gasteiger partial charge on any atom is 0.340 e. The number of aryl methyl sites for hydroxylation is 1. The fraction of sp³-hybridized carbons (Fsp3) is 0.200. The molecule has 7 heteroatoms. The van der Waals surface area contributed by atoms with Gasteiger partial charge in [-0.15, -0.1) is 0 Å². The van der Waals surface area contributed by atoms with Crippen LogP contribution in [-0.4, -0.2) is 22.7 Å². The molecule has 0 bridgehead atoms. The lowest BCUT2D eigenvalue weighted by atomic mass is 10.0. The standard InChI is InChI=1S/C20H19NO6/c1-3-26-13-6-4-12(5-7-13)21-17(23)10-15-11(2)14-8-9-16(22)18(24)19(14)27-20(15)25/h4-9,22,24H,3,10H2,1-2H3,(H,21,23). The molecule has 3 rings (SSSR count). The Balaban J connectivity index is 1.84. The molecule has 1 heterocycles. The van der Waals surface area contributed by atoms with Gasteiger partial charge in [-0.2, -0.15) is 0 Å². The topological polar surface area (TPSA) is 109 Å². The first kappa shape index (κ1) is 18.3. The number of hydrogen-bond acceptors (Lipinski definition) is 6. The molecule has 0 aliphatic carbocycles. The third-order valence-corrected chi connectivity index (χ3v) is 4.19. The summed E-state index contributed by atoms with van der Waals surface area (Å²) in [4.78, 5) is 24.6. The Hall–Kier alpha value is -3.48. The maximum absolute atomic E-state index is 12.3. The van der Waals surface area contributed by atoms with Crippen molar-refractivity contribution in [3.05, 3.63) is 57.9 Å². The van der Waals surface area contributed by atoms with Crippen LogP contribution in [0, 0.1) is 6.92 Å². The summed E-state index contributed by atoms with van der Waals surface area (Å²) in [5.74, 6) is -0.564. The van der Waals surface area contributed by atoms with Gasteiger partial charge in [0.25, 0.3) is 0 Å². The number of ether oxygens (including phenoxy) is 1. The monoisotopic (exact) mass is 369 g/mol. The van der Waals surface area contributed by atoms with Crippen LogP contribution in [0.1, 0.15) is 18.1 Å². The molecular weight excluding hydrogens is 350 g/mol. The summed E-state index contributed by atoms with van der Waals surface area (Å²) in [6.45, 7) is 4.10. The summed E-state index contributed by atoms with van der Waals surface area (Å²) in [5, 5.41) is 22.6. The quantitative estimate of drug-likeness (QED) is 0.471. The van der Waals surface area contributed by atoms with E-state index in [1.807, 2.05) is 6.92 Å². The first-order valence-corrected chi connectivity index (χ1v) is 8.40. The van der Waals surface area contributed by atoms with Gasteiger partial charge in [-0.05, 0) is 55.8 Å². The number of aromatic hydroxyl groups is 2. The van der Waals surface area contributed by atoms with Gasteiger partial charge in [-0.1, -0.05) is 0 Å². The first-order chi connectivity index (χ1) is 12.9. The van der Waals surface area contributed by atoms with Gasteiger partial charge in [-0.25, -0.2) is 4.79 Å². The van der Waals surface area contributed by atoms with E-state index in [-0.39, 0.29) is 29.2 Å². The number of hydrogen-bond donors (Lipinski definition) is 3. The smallest absolute Gasteiger partial charge is 0.340 e. The number of nitrogens with one attached hydrogen (secondary N) is 1. The minimum Gasteiger partial charge on any atom is -0.504 e. The van der Waals surface area contributed by atoms with Crippen molar-refractivity contribution in [1.29, 1.82) is 0 Å².